The van der Waals surface area contributed by atoms with Gasteiger partial charge in [-0.2, -0.15) is 5.10 Å². The van der Waals surface area contributed by atoms with Crippen LogP contribution in [0.5, 0.6) is 0 Å². The molecule has 1 aliphatic rings. The molecule has 1 saturated heterocycles. The normalized spacial score (nSPS) is 20.5. The van der Waals surface area contributed by atoms with E-state index in [1.807, 2.05) is 0 Å². The first-order chi connectivity index (χ1) is 11.2. The summed E-state index contributed by atoms with van der Waals surface area (Å²) in [6, 6.07) is -0.959. The lowest BCUT2D eigenvalue weighted by Crippen LogP contribution is -2.49. The van der Waals surface area contributed by atoms with Crippen molar-refractivity contribution in [2.45, 2.75) is 24.8 Å². The Morgan fingerprint density at radius 2 is 2.29 bits per heavy atom. The topological polar surface area (TPSA) is 117 Å². The fraction of sp³-hybridized carbons (Fsp3) is 0.667. The maximum Gasteiger partial charge on any atom is 0.422 e. The average Bonchev–Trinajstić information content (AvgIpc) is 2.77. The van der Waals surface area contributed by atoms with Crippen molar-refractivity contribution in [1.29, 1.82) is 0 Å². The van der Waals surface area contributed by atoms with E-state index in [1.54, 1.807) is 0 Å². The zero-order valence-corrected chi connectivity index (χ0v) is 13.1. The molecule has 0 radical (unpaired) electrons. The number of anilines is 1. The number of hydrazine groups is 1. The zero-order chi connectivity index (χ0) is 18.1. The first-order valence-electron chi connectivity index (χ1n) is 7.15. The molecule has 10 nitrogen and oxygen atoms in total. The smallest absolute Gasteiger partial charge is 0.422 e. The van der Waals surface area contributed by atoms with E-state index in [0.717, 1.165) is 11.2 Å². The third-order valence-corrected chi connectivity index (χ3v) is 3.89. The van der Waals surface area contributed by atoms with Crippen LogP contribution in [-0.2, 0) is 7.05 Å². The molecular weight excluding hydrogens is 330 g/mol. The molecule has 1 aromatic rings. The van der Waals surface area contributed by atoms with Gasteiger partial charge in [-0.3, -0.25) is 10.1 Å². The molecule has 0 saturated carbocycles. The standard InChI is InChI=1S/C12H18F2N6O4/c1-15-19(11(21)22)8-3-4-18(7-12(13,14)5-8)10-9(20(23)24)6-16-17(10)2/h6,8,15H,3-5,7H2,1-2H3,(H,21,22). The predicted molar refractivity (Wildman–Crippen MR) is 79.0 cm³/mol. The van der Waals surface area contributed by atoms with Gasteiger partial charge < -0.3 is 10.0 Å². The van der Waals surface area contributed by atoms with Crippen molar-refractivity contribution in [2.24, 2.45) is 7.05 Å². The van der Waals surface area contributed by atoms with Crippen LogP contribution < -0.4 is 10.3 Å². The van der Waals surface area contributed by atoms with E-state index in [1.165, 1.54) is 23.7 Å². The number of hydrogen-bond donors (Lipinski definition) is 2. The summed E-state index contributed by atoms with van der Waals surface area (Å²) >= 11 is 0. The molecule has 0 bridgehead atoms. The second-order valence-electron chi connectivity index (χ2n) is 5.53. The third kappa shape index (κ3) is 3.53. The Hall–Kier alpha value is -2.50. The van der Waals surface area contributed by atoms with Crippen molar-refractivity contribution in [3.05, 3.63) is 16.3 Å². The van der Waals surface area contributed by atoms with Crippen molar-refractivity contribution in [3.8, 4) is 0 Å². The van der Waals surface area contributed by atoms with Crippen LogP contribution in [0, 0.1) is 10.1 Å². The third-order valence-electron chi connectivity index (χ3n) is 3.89. The Kier molecular flexibility index (Phi) is 4.87. The molecule has 1 amide bonds. The van der Waals surface area contributed by atoms with E-state index < -0.39 is 35.9 Å². The van der Waals surface area contributed by atoms with Crippen LogP contribution in [0.2, 0.25) is 0 Å². The number of aromatic nitrogens is 2. The minimum Gasteiger partial charge on any atom is -0.464 e. The van der Waals surface area contributed by atoms with Crippen molar-refractivity contribution < 1.29 is 23.6 Å². The van der Waals surface area contributed by atoms with Crippen LogP contribution in [0.15, 0.2) is 6.20 Å². The van der Waals surface area contributed by atoms with Gasteiger partial charge in [-0.1, -0.05) is 0 Å². The van der Waals surface area contributed by atoms with Gasteiger partial charge in [-0.15, -0.1) is 0 Å². The van der Waals surface area contributed by atoms with E-state index in [0.29, 0.717) is 0 Å². The van der Waals surface area contributed by atoms with Crippen LogP contribution in [0.25, 0.3) is 0 Å². The van der Waals surface area contributed by atoms with Crippen LogP contribution in [0.3, 0.4) is 0 Å². The number of alkyl halides is 2. The number of rotatable bonds is 4. The largest absolute Gasteiger partial charge is 0.464 e. The van der Waals surface area contributed by atoms with E-state index in [-0.39, 0.29) is 24.5 Å². The predicted octanol–water partition coefficient (Wildman–Crippen LogP) is 1.05. The Morgan fingerprint density at radius 1 is 1.62 bits per heavy atom. The molecule has 0 spiro atoms. The molecule has 0 aliphatic carbocycles. The molecule has 2 N–H and O–H groups in total. The second kappa shape index (κ2) is 6.55. The summed E-state index contributed by atoms with van der Waals surface area (Å²) in [5, 5.41) is 24.7. The minimum absolute atomic E-state index is 0.0216. The van der Waals surface area contributed by atoms with Gasteiger partial charge in [0.2, 0.25) is 5.82 Å². The summed E-state index contributed by atoms with van der Waals surface area (Å²) < 4.78 is 29.8. The van der Waals surface area contributed by atoms with E-state index >= 15 is 0 Å². The monoisotopic (exact) mass is 348 g/mol. The highest BCUT2D eigenvalue weighted by Gasteiger charge is 2.43. The lowest BCUT2D eigenvalue weighted by molar-refractivity contribution is -0.384. The van der Waals surface area contributed by atoms with Crippen LogP contribution in [-0.4, -0.2) is 63.0 Å². The summed E-state index contributed by atoms with van der Waals surface area (Å²) in [7, 11) is 2.76. The molecule has 1 aliphatic heterocycles. The van der Waals surface area contributed by atoms with E-state index in [9.17, 15) is 23.7 Å². The maximum atomic E-state index is 14.3. The summed E-state index contributed by atoms with van der Waals surface area (Å²) in [5.74, 6) is -3.24. The molecule has 2 heterocycles. The van der Waals surface area contributed by atoms with Gasteiger partial charge in [-0.05, 0) is 6.42 Å². The first kappa shape index (κ1) is 17.8. The van der Waals surface area contributed by atoms with Gasteiger partial charge in [0.05, 0.1) is 17.5 Å². The fourth-order valence-electron chi connectivity index (χ4n) is 2.93. The molecule has 1 atom stereocenters. The summed E-state index contributed by atoms with van der Waals surface area (Å²) in [6.07, 6.45) is -0.946. The van der Waals surface area contributed by atoms with Crippen LogP contribution in [0.4, 0.5) is 25.1 Å². The Bertz CT molecular complexity index is 637. The lowest BCUT2D eigenvalue weighted by Gasteiger charge is -2.28. The van der Waals surface area contributed by atoms with Gasteiger partial charge in [0.15, 0.2) is 0 Å². The van der Waals surface area contributed by atoms with Gasteiger partial charge >= 0.3 is 11.8 Å². The highest BCUT2D eigenvalue weighted by molar-refractivity contribution is 5.65. The summed E-state index contributed by atoms with van der Waals surface area (Å²) in [5.41, 5.74) is 2.02. The Morgan fingerprint density at radius 3 is 2.83 bits per heavy atom. The van der Waals surface area contributed by atoms with Crippen LogP contribution >= 0.6 is 0 Å². The van der Waals surface area contributed by atoms with Gasteiger partial charge in [0.1, 0.15) is 6.20 Å². The quantitative estimate of drug-likeness (QED) is 0.617. The number of aryl methyl sites for hydroxylation is 1. The van der Waals surface area contributed by atoms with Crippen LogP contribution in [0.1, 0.15) is 12.8 Å². The number of carbonyl (C=O) groups is 1. The number of halogens is 2. The fourth-order valence-corrected chi connectivity index (χ4v) is 2.93. The maximum absolute atomic E-state index is 14.3. The lowest BCUT2D eigenvalue weighted by atomic mass is 10.1. The molecule has 12 heteroatoms. The molecule has 1 unspecified atom stereocenters. The van der Waals surface area contributed by atoms with Crippen molar-refractivity contribution in [3.63, 3.8) is 0 Å². The zero-order valence-electron chi connectivity index (χ0n) is 13.1. The number of nitrogens with one attached hydrogen (secondary N) is 1. The van der Waals surface area contributed by atoms with Gasteiger partial charge in [0, 0.05) is 27.1 Å². The van der Waals surface area contributed by atoms with E-state index in [2.05, 4.69) is 10.5 Å². The summed E-state index contributed by atoms with van der Waals surface area (Å²) in [6.45, 7) is -0.715. The highest BCUT2D eigenvalue weighted by atomic mass is 19.3. The van der Waals surface area contributed by atoms with E-state index in [4.69, 9.17) is 5.11 Å². The molecule has 134 valence electrons. The number of amides is 1. The minimum atomic E-state index is -3.22. The molecule has 2 rings (SSSR count). The average molecular weight is 348 g/mol. The van der Waals surface area contributed by atoms with Crippen molar-refractivity contribution in [1.82, 2.24) is 20.2 Å². The SMILES string of the molecule is CNN(C(=O)O)C1CCN(c2c([N+](=O)[O-])cnn2C)CC(F)(F)C1. The molecular formula is C12H18F2N6O4. The number of nitrogens with zero attached hydrogens (tertiary/aromatic N) is 5. The Labute approximate surface area is 135 Å². The second-order valence-corrected chi connectivity index (χ2v) is 5.53. The summed E-state index contributed by atoms with van der Waals surface area (Å²) in [4.78, 5) is 22.7. The van der Waals surface area contributed by atoms with Gasteiger partial charge in [-0.25, -0.2) is 28.7 Å². The first-order valence-corrected chi connectivity index (χ1v) is 7.15. The highest BCUT2D eigenvalue weighted by Crippen LogP contribution is 2.34. The number of carboxylic acid groups (broad SMARTS) is 1. The van der Waals surface area contributed by atoms with Crippen molar-refractivity contribution >= 4 is 17.6 Å². The molecule has 0 aromatic carbocycles. The molecule has 24 heavy (non-hydrogen) atoms. The molecule has 1 fully saturated rings. The Balaban J connectivity index is 2.32. The number of nitro groups is 1. The number of hydrogen-bond acceptors (Lipinski definition) is 6. The van der Waals surface area contributed by atoms with Crippen molar-refractivity contribution in [2.75, 3.05) is 25.0 Å². The molecule has 1 aromatic heterocycles. The van der Waals surface area contributed by atoms with Gasteiger partial charge in [0.25, 0.3) is 5.92 Å².